The molecule has 1 amide bonds. The van der Waals surface area contributed by atoms with Gasteiger partial charge in [-0.05, 0) is 18.8 Å². The molecule has 1 rings (SSSR count). The van der Waals surface area contributed by atoms with Crippen LogP contribution in [0.4, 0.5) is 0 Å². The molecule has 0 unspecified atom stereocenters. The number of hydrogen-bond donors (Lipinski definition) is 1. The highest BCUT2D eigenvalue weighted by molar-refractivity contribution is 5.73. The predicted molar refractivity (Wildman–Crippen MR) is 43.4 cm³/mol. The van der Waals surface area contributed by atoms with Gasteiger partial charge in [-0.15, -0.1) is 0 Å². The highest BCUT2D eigenvalue weighted by Crippen LogP contribution is 2.02. The molecule has 3 nitrogen and oxygen atoms in total. The number of allylic oxidation sites excluding steroid dienone is 2. The average Bonchev–Trinajstić information content (AvgIpc) is 2.03. The fourth-order valence-electron chi connectivity index (χ4n) is 0.909. The second kappa shape index (κ2) is 3.81. The zero-order valence-corrected chi connectivity index (χ0v) is 6.36. The van der Waals surface area contributed by atoms with E-state index in [2.05, 4.69) is 0 Å². The summed E-state index contributed by atoms with van der Waals surface area (Å²) < 4.78 is 0. The molecule has 0 spiro atoms. The van der Waals surface area contributed by atoms with E-state index >= 15 is 0 Å². The van der Waals surface area contributed by atoms with Crippen molar-refractivity contribution >= 4 is 5.91 Å². The number of carbonyl (C=O) groups excluding carboxylic acids is 1. The van der Waals surface area contributed by atoms with E-state index in [0.717, 1.165) is 6.42 Å². The maximum Gasteiger partial charge on any atom is 0.219 e. The minimum Gasteiger partial charge on any atom is -0.370 e. The topological polar surface area (TPSA) is 46.3 Å². The van der Waals surface area contributed by atoms with E-state index in [4.69, 9.17) is 5.73 Å². The molecule has 0 aromatic heterocycles. The summed E-state index contributed by atoms with van der Waals surface area (Å²) >= 11 is 0. The largest absolute Gasteiger partial charge is 0.370 e. The maximum atomic E-state index is 10.4. The predicted octanol–water partition coefficient (Wildman–Crippen LogP) is 0.595. The standard InChI is InChI=1S/C8H12N2O/c9-8(11)4-7-10-5-2-1-3-6-10/h2-3,5-6H,1,4,7H2,(H2,9,11). The summed E-state index contributed by atoms with van der Waals surface area (Å²) in [5.74, 6) is -0.252. The van der Waals surface area contributed by atoms with Gasteiger partial charge in [0.15, 0.2) is 0 Å². The molecule has 0 saturated carbocycles. The zero-order valence-electron chi connectivity index (χ0n) is 6.36. The van der Waals surface area contributed by atoms with Crippen LogP contribution in [0.25, 0.3) is 0 Å². The summed E-state index contributed by atoms with van der Waals surface area (Å²) in [6, 6.07) is 0. The van der Waals surface area contributed by atoms with Gasteiger partial charge < -0.3 is 10.6 Å². The summed E-state index contributed by atoms with van der Waals surface area (Å²) in [5, 5.41) is 0. The van der Waals surface area contributed by atoms with Crippen molar-refractivity contribution in [2.75, 3.05) is 6.54 Å². The number of amides is 1. The normalized spacial score (nSPS) is 15.5. The Kier molecular flexibility index (Phi) is 2.72. The molecule has 11 heavy (non-hydrogen) atoms. The highest BCUT2D eigenvalue weighted by Gasteiger charge is 1.99. The highest BCUT2D eigenvalue weighted by atomic mass is 16.1. The van der Waals surface area contributed by atoms with Crippen LogP contribution in [-0.4, -0.2) is 17.4 Å². The fourth-order valence-corrected chi connectivity index (χ4v) is 0.909. The molecule has 0 aliphatic carbocycles. The Morgan fingerprint density at radius 2 is 2.09 bits per heavy atom. The molecule has 2 N–H and O–H groups in total. The van der Waals surface area contributed by atoms with E-state index in [1.807, 2.05) is 29.5 Å². The number of rotatable bonds is 3. The molecule has 0 aromatic carbocycles. The molecule has 1 heterocycles. The minimum absolute atomic E-state index is 0.252. The van der Waals surface area contributed by atoms with Gasteiger partial charge in [-0.25, -0.2) is 0 Å². The lowest BCUT2D eigenvalue weighted by Gasteiger charge is -2.16. The summed E-state index contributed by atoms with van der Waals surface area (Å²) in [7, 11) is 0. The smallest absolute Gasteiger partial charge is 0.219 e. The molecule has 1 aliphatic rings. The van der Waals surface area contributed by atoms with E-state index < -0.39 is 0 Å². The SMILES string of the molecule is NC(=O)CCN1C=CCC=C1. The number of nitrogens with zero attached hydrogens (tertiary/aromatic N) is 1. The van der Waals surface area contributed by atoms with Gasteiger partial charge in [0.05, 0.1) is 0 Å². The number of primary amides is 1. The number of hydrogen-bond acceptors (Lipinski definition) is 2. The molecule has 60 valence electrons. The molecule has 0 atom stereocenters. The van der Waals surface area contributed by atoms with E-state index in [1.54, 1.807) is 0 Å². The molecular formula is C8H12N2O. The van der Waals surface area contributed by atoms with Crippen LogP contribution in [-0.2, 0) is 4.79 Å². The minimum atomic E-state index is -0.252. The third kappa shape index (κ3) is 2.89. The Bertz CT molecular complexity index is 184. The van der Waals surface area contributed by atoms with Gasteiger partial charge in [-0.2, -0.15) is 0 Å². The van der Waals surface area contributed by atoms with E-state index in [1.165, 1.54) is 0 Å². The van der Waals surface area contributed by atoms with Gasteiger partial charge in [0.25, 0.3) is 0 Å². The summed E-state index contributed by atoms with van der Waals surface area (Å²) in [6.07, 6.45) is 9.40. The van der Waals surface area contributed by atoms with Crippen LogP contribution in [0.1, 0.15) is 12.8 Å². The lowest BCUT2D eigenvalue weighted by molar-refractivity contribution is -0.118. The second-order valence-corrected chi connectivity index (χ2v) is 2.46. The Morgan fingerprint density at radius 3 is 2.64 bits per heavy atom. The first-order valence-corrected chi connectivity index (χ1v) is 3.66. The van der Waals surface area contributed by atoms with Crippen LogP contribution in [0.5, 0.6) is 0 Å². The van der Waals surface area contributed by atoms with Crippen LogP contribution >= 0.6 is 0 Å². The second-order valence-electron chi connectivity index (χ2n) is 2.46. The summed E-state index contributed by atoms with van der Waals surface area (Å²) in [6.45, 7) is 0.683. The number of nitrogens with two attached hydrogens (primary N) is 1. The van der Waals surface area contributed by atoms with Crippen molar-refractivity contribution in [3.8, 4) is 0 Å². The van der Waals surface area contributed by atoms with E-state index in [9.17, 15) is 4.79 Å². The quantitative estimate of drug-likeness (QED) is 0.643. The number of carbonyl (C=O) groups is 1. The maximum absolute atomic E-state index is 10.4. The van der Waals surface area contributed by atoms with Crippen molar-refractivity contribution in [1.82, 2.24) is 4.90 Å². The van der Waals surface area contributed by atoms with Crippen molar-refractivity contribution < 1.29 is 4.79 Å². The van der Waals surface area contributed by atoms with Crippen LogP contribution in [0.2, 0.25) is 0 Å². The molecule has 3 heteroatoms. The van der Waals surface area contributed by atoms with Gasteiger partial charge >= 0.3 is 0 Å². The third-order valence-electron chi connectivity index (χ3n) is 1.48. The van der Waals surface area contributed by atoms with Crippen molar-refractivity contribution in [3.63, 3.8) is 0 Å². The Balaban J connectivity index is 2.25. The molecule has 0 fully saturated rings. The first-order valence-electron chi connectivity index (χ1n) is 3.66. The van der Waals surface area contributed by atoms with Crippen molar-refractivity contribution in [2.24, 2.45) is 5.73 Å². The fraction of sp³-hybridized carbons (Fsp3) is 0.375. The van der Waals surface area contributed by atoms with Gasteiger partial charge in [-0.3, -0.25) is 4.79 Å². The van der Waals surface area contributed by atoms with Crippen molar-refractivity contribution in [1.29, 1.82) is 0 Å². The molecular weight excluding hydrogens is 140 g/mol. The summed E-state index contributed by atoms with van der Waals surface area (Å²) in [4.78, 5) is 12.3. The molecule has 0 saturated heterocycles. The third-order valence-corrected chi connectivity index (χ3v) is 1.48. The van der Waals surface area contributed by atoms with Crippen molar-refractivity contribution in [3.05, 3.63) is 24.6 Å². The monoisotopic (exact) mass is 152 g/mol. The molecule has 0 radical (unpaired) electrons. The van der Waals surface area contributed by atoms with Crippen LogP contribution in [0.3, 0.4) is 0 Å². The van der Waals surface area contributed by atoms with Gasteiger partial charge in [0.1, 0.15) is 0 Å². The molecule has 1 aliphatic heterocycles. The molecule has 0 aromatic rings. The lowest BCUT2D eigenvalue weighted by atomic mass is 10.3. The van der Waals surface area contributed by atoms with Crippen LogP contribution < -0.4 is 5.73 Å². The zero-order chi connectivity index (χ0) is 8.10. The van der Waals surface area contributed by atoms with Gasteiger partial charge in [0, 0.05) is 13.0 Å². The van der Waals surface area contributed by atoms with Crippen molar-refractivity contribution in [2.45, 2.75) is 12.8 Å². The Labute approximate surface area is 66.2 Å². The van der Waals surface area contributed by atoms with Crippen LogP contribution in [0.15, 0.2) is 24.6 Å². The summed E-state index contributed by atoms with van der Waals surface area (Å²) in [5.41, 5.74) is 5.00. The average molecular weight is 152 g/mol. The first-order chi connectivity index (χ1) is 5.29. The van der Waals surface area contributed by atoms with Gasteiger partial charge in [0.2, 0.25) is 5.91 Å². The first kappa shape index (κ1) is 7.85. The molecule has 0 bridgehead atoms. The van der Waals surface area contributed by atoms with Gasteiger partial charge in [-0.1, -0.05) is 12.2 Å². The van der Waals surface area contributed by atoms with E-state index in [-0.39, 0.29) is 5.91 Å². The lowest BCUT2D eigenvalue weighted by Crippen LogP contribution is -2.20. The van der Waals surface area contributed by atoms with E-state index in [0.29, 0.717) is 13.0 Å². The van der Waals surface area contributed by atoms with Crippen LogP contribution in [0, 0.1) is 0 Å². The Morgan fingerprint density at radius 1 is 1.45 bits per heavy atom. The Hall–Kier alpha value is -1.25.